The number of hydrogen-bond acceptors (Lipinski definition) is 5. The topological polar surface area (TPSA) is 82.6 Å². The van der Waals surface area contributed by atoms with Gasteiger partial charge >= 0.3 is 0 Å². The molecule has 1 saturated heterocycles. The molecule has 1 aromatic heterocycles. The summed E-state index contributed by atoms with van der Waals surface area (Å²) in [7, 11) is 0. The Bertz CT molecular complexity index is 608. The number of aryl methyl sites for hydroxylation is 1. The van der Waals surface area contributed by atoms with Crippen LogP contribution in [-0.2, 0) is 4.74 Å². The molecule has 0 aliphatic carbocycles. The number of H-pyrrole nitrogens is 1. The highest BCUT2D eigenvalue weighted by Crippen LogP contribution is 2.23. The van der Waals surface area contributed by atoms with E-state index in [1.807, 2.05) is 20.8 Å². The molecule has 0 radical (unpaired) electrons. The summed E-state index contributed by atoms with van der Waals surface area (Å²) in [5.74, 6) is -0.0192. The molecule has 2 atom stereocenters. The summed E-state index contributed by atoms with van der Waals surface area (Å²) in [5.41, 5.74) is 2.64. The first kappa shape index (κ1) is 18.8. The van der Waals surface area contributed by atoms with Crippen molar-refractivity contribution < 1.29 is 19.4 Å². The van der Waals surface area contributed by atoms with E-state index in [9.17, 15) is 9.59 Å². The molecule has 1 aliphatic heterocycles. The lowest BCUT2D eigenvalue weighted by Gasteiger charge is -2.35. The minimum atomic E-state index is -0.276. The van der Waals surface area contributed by atoms with Crippen molar-refractivity contribution in [3.8, 4) is 0 Å². The first-order valence-corrected chi connectivity index (χ1v) is 8.57. The van der Waals surface area contributed by atoms with E-state index in [-0.39, 0.29) is 30.3 Å². The van der Waals surface area contributed by atoms with Crippen molar-refractivity contribution in [1.29, 1.82) is 0 Å². The van der Waals surface area contributed by atoms with E-state index < -0.39 is 0 Å². The fourth-order valence-corrected chi connectivity index (χ4v) is 3.57. The molecule has 0 bridgehead atoms. The second-order valence-electron chi connectivity index (χ2n) is 6.57. The number of rotatable bonds is 7. The van der Waals surface area contributed by atoms with Crippen LogP contribution in [0.15, 0.2) is 0 Å². The minimum absolute atomic E-state index is 0.00547. The second-order valence-corrected chi connectivity index (χ2v) is 6.57. The smallest absolute Gasteiger partial charge is 0.196 e. The number of hydrogen-bond donors (Lipinski definition) is 2. The lowest BCUT2D eigenvalue weighted by atomic mass is 10.00. The van der Waals surface area contributed by atoms with E-state index in [4.69, 9.17) is 9.84 Å². The van der Waals surface area contributed by atoms with Gasteiger partial charge in [0.2, 0.25) is 0 Å². The third-order valence-electron chi connectivity index (χ3n) is 4.82. The molecule has 2 N–H and O–H groups in total. The SMILES string of the molecule is CC(=O)c1c(C)[nH]c(C(=O)[C@H](C)N2CCC[C@H](OCCO)C2)c1C. The number of aliphatic hydroxyl groups is 1. The zero-order valence-electron chi connectivity index (χ0n) is 15.0. The van der Waals surface area contributed by atoms with Gasteiger partial charge in [-0.2, -0.15) is 0 Å². The molecule has 6 nitrogen and oxygen atoms in total. The standard InChI is InChI=1S/C18H28N2O4/c1-11-16(14(4)22)12(2)19-17(11)18(23)13(3)20-7-5-6-15(10-20)24-9-8-21/h13,15,19,21H,5-10H2,1-4H3/t13-,15-/m0/s1. The number of likely N-dealkylation sites (tertiary alicyclic amines) is 1. The number of nitrogens with one attached hydrogen (secondary N) is 1. The Morgan fingerprint density at radius 2 is 2.12 bits per heavy atom. The number of carbonyl (C=O) groups is 2. The lowest BCUT2D eigenvalue weighted by molar-refractivity contribution is -0.0207. The minimum Gasteiger partial charge on any atom is -0.394 e. The van der Waals surface area contributed by atoms with Crippen LogP contribution in [0.2, 0.25) is 0 Å². The van der Waals surface area contributed by atoms with Gasteiger partial charge in [0.25, 0.3) is 0 Å². The molecule has 6 heteroatoms. The van der Waals surface area contributed by atoms with E-state index in [1.165, 1.54) is 6.92 Å². The van der Waals surface area contributed by atoms with Crippen molar-refractivity contribution >= 4 is 11.6 Å². The third kappa shape index (κ3) is 3.94. The van der Waals surface area contributed by atoms with Crippen LogP contribution in [0.3, 0.4) is 0 Å². The summed E-state index contributed by atoms with van der Waals surface area (Å²) in [4.78, 5) is 29.9. The molecule has 1 aliphatic rings. The molecule has 2 heterocycles. The molecule has 0 unspecified atom stereocenters. The molecule has 0 aromatic carbocycles. The van der Waals surface area contributed by atoms with E-state index >= 15 is 0 Å². The maximum atomic E-state index is 12.9. The third-order valence-corrected chi connectivity index (χ3v) is 4.82. The Balaban J connectivity index is 2.12. The fourth-order valence-electron chi connectivity index (χ4n) is 3.57. The van der Waals surface area contributed by atoms with Crippen molar-refractivity contribution in [3.63, 3.8) is 0 Å². The van der Waals surface area contributed by atoms with Crippen LogP contribution in [0, 0.1) is 13.8 Å². The Morgan fingerprint density at radius 1 is 1.42 bits per heavy atom. The van der Waals surface area contributed by atoms with Crippen molar-refractivity contribution in [2.24, 2.45) is 0 Å². The largest absolute Gasteiger partial charge is 0.394 e. The zero-order valence-corrected chi connectivity index (χ0v) is 15.0. The van der Waals surface area contributed by atoms with Crippen LogP contribution < -0.4 is 0 Å². The highest BCUT2D eigenvalue weighted by atomic mass is 16.5. The number of aromatic nitrogens is 1. The quantitative estimate of drug-likeness (QED) is 0.743. The number of ether oxygens (including phenoxy) is 1. The monoisotopic (exact) mass is 336 g/mol. The van der Waals surface area contributed by atoms with Crippen LogP contribution >= 0.6 is 0 Å². The van der Waals surface area contributed by atoms with Gasteiger partial charge in [0.15, 0.2) is 11.6 Å². The van der Waals surface area contributed by atoms with Crippen LogP contribution in [0.1, 0.15) is 58.8 Å². The highest BCUT2D eigenvalue weighted by molar-refractivity contribution is 6.05. The van der Waals surface area contributed by atoms with Gasteiger partial charge in [0, 0.05) is 17.8 Å². The van der Waals surface area contributed by atoms with E-state index in [0.29, 0.717) is 24.4 Å². The normalized spacial score (nSPS) is 20.1. The predicted octanol–water partition coefficient (Wildman–Crippen LogP) is 1.88. The summed E-state index contributed by atoms with van der Waals surface area (Å²) in [6.07, 6.45) is 1.97. The first-order valence-electron chi connectivity index (χ1n) is 8.57. The summed E-state index contributed by atoms with van der Waals surface area (Å²) >= 11 is 0. The summed E-state index contributed by atoms with van der Waals surface area (Å²) in [5, 5.41) is 8.89. The molecule has 134 valence electrons. The van der Waals surface area contributed by atoms with E-state index in [0.717, 1.165) is 30.6 Å². The average molecular weight is 336 g/mol. The first-order chi connectivity index (χ1) is 11.4. The molecular formula is C18H28N2O4. The molecule has 1 aromatic rings. The van der Waals surface area contributed by atoms with E-state index in [2.05, 4.69) is 9.88 Å². The lowest BCUT2D eigenvalue weighted by Crippen LogP contribution is -2.47. The average Bonchev–Trinajstić information content (AvgIpc) is 2.86. The Kier molecular flexibility index (Phi) is 6.32. The summed E-state index contributed by atoms with van der Waals surface area (Å²) < 4.78 is 5.62. The van der Waals surface area contributed by atoms with Crippen LogP contribution in [0.4, 0.5) is 0 Å². The maximum absolute atomic E-state index is 12.9. The Labute approximate surface area is 143 Å². The molecule has 0 spiro atoms. The number of aromatic amines is 1. The van der Waals surface area contributed by atoms with Crippen molar-refractivity contribution in [3.05, 3.63) is 22.5 Å². The number of piperidine rings is 1. The van der Waals surface area contributed by atoms with Gasteiger partial charge in [0.1, 0.15) is 0 Å². The van der Waals surface area contributed by atoms with Gasteiger partial charge in [-0.1, -0.05) is 0 Å². The molecule has 2 rings (SSSR count). The summed E-state index contributed by atoms with van der Waals surface area (Å²) in [6.45, 7) is 8.95. The van der Waals surface area contributed by atoms with Crippen LogP contribution in [-0.4, -0.2) is 65.0 Å². The number of ketones is 2. The molecule has 0 saturated carbocycles. The number of nitrogens with zero attached hydrogens (tertiary/aromatic N) is 1. The van der Waals surface area contributed by atoms with E-state index in [1.54, 1.807) is 0 Å². The highest BCUT2D eigenvalue weighted by Gasteiger charge is 2.30. The van der Waals surface area contributed by atoms with Gasteiger partial charge in [-0.3, -0.25) is 14.5 Å². The van der Waals surface area contributed by atoms with Crippen molar-refractivity contribution in [2.75, 3.05) is 26.3 Å². The van der Waals surface area contributed by atoms with Crippen molar-refractivity contribution in [1.82, 2.24) is 9.88 Å². The van der Waals surface area contributed by atoms with Crippen LogP contribution in [0.5, 0.6) is 0 Å². The Hall–Kier alpha value is -1.50. The zero-order chi connectivity index (χ0) is 17.9. The van der Waals surface area contributed by atoms with Crippen LogP contribution in [0.25, 0.3) is 0 Å². The number of aliphatic hydroxyl groups excluding tert-OH is 1. The van der Waals surface area contributed by atoms with Gasteiger partial charge in [-0.05, 0) is 52.6 Å². The maximum Gasteiger partial charge on any atom is 0.196 e. The summed E-state index contributed by atoms with van der Waals surface area (Å²) in [6, 6.07) is -0.276. The number of carbonyl (C=O) groups excluding carboxylic acids is 2. The fraction of sp³-hybridized carbons (Fsp3) is 0.667. The molecular weight excluding hydrogens is 308 g/mol. The van der Waals surface area contributed by atoms with Gasteiger partial charge in [-0.15, -0.1) is 0 Å². The number of Topliss-reactive ketones (excluding diaryl/α,β-unsaturated/α-hetero) is 2. The van der Waals surface area contributed by atoms with Gasteiger partial charge < -0.3 is 14.8 Å². The molecule has 1 fully saturated rings. The van der Waals surface area contributed by atoms with Gasteiger partial charge in [-0.25, -0.2) is 0 Å². The molecule has 24 heavy (non-hydrogen) atoms. The Morgan fingerprint density at radius 3 is 2.71 bits per heavy atom. The predicted molar refractivity (Wildman–Crippen MR) is 91.7 cm³/mol. The molecule has 0 amide bonds. The second kappa shape index (κ2) is 8.05. The van der Waals surface area contributed by atoms with Gasteiger partial charge in [0.05, 0.1) is 31.1 Å². The van der Waals surface area contributed by atoms with Crippen molar-refractivity contribution in [2.45, 2.75) is 52.7 Å².